The van der Waals surface area contributed by atoms with Crippen LogP contribution in [0, 0.1) is 6.92 Å². The first kappa shape index (κ1) is 7.03. The zero-order valence-corrected chi connectivity index (χ0v) is 6.78. The number of nitrogens with zero attached hydrogens (tertiary/aromatic N) is 2. The first-order valence-electron chi connectivity index (χ1n) is 3.74. The van der Waals surface area contributed by atoms with Gasteiger partial charge in [0.15, 0.2) is 0 Å². The molecular formula is C9H9N3. The smallest absolute Gasteiger partial charge is 0.126 e. The summed E-state index contributed by atoms with van der Waals surface area (Å²) >= 11 is 0. The van der Waals surface area contributed by atoms with Crippen LogP contribution in [-0.2, 0) is 0 Å². The molecule has 12 heavy (non-hydrogen) atoms. The molecule has 0 amide bonds. The summed E-state index contributed by atoms with van der Waals surface area (Å²) in [5, 5.41) is 2.15. The molecule has 2 N–H and O–H groups in total. The van der Waals surface area contributed by atoms with E-state index in [-0.39, 0.29) is 0 Å². The molecule has 0 aromatic carbocycles. The third-order valence-corrected chi connectivity index (χ3v) is 1.99. The maximum atomic E-state index is 5.65. The number of hydrogen-bond acceptors (Lipinski definition) is 3. The summed E-state index contributed by atoms with van der Waals surface area (Å²) in [5.74, 6) is 0.579. The predicted octanol–water partition coefficient (Wildman–Crippen LogP) is 1.52. The van der Waals surface area contributed by atoms with Crippen molar-refractivity contribution in [3.63, 3.8) is 0 Å². The Labute approximate surface area is 70.3 Å². The summed E-state index contributed by atoms with van der Waals surface area (Å²) in [6.07, 6.45) is 5.32. The number of anilines is 1. The monoisotopic (exact) mass is 159 g/mol. The van der Waals surface area contributed by atoms with Crippen molar-refractivity contribution >= 4 is 16.6 Å². The summed E-state index contributed by atoms with van der Waals surface area (Å²) in [5.41, 5.74) is 6.65. The normalized spacial score (nSPS) is 10.4. The molecule has 2 rings (SSSR count). The van der Waals surface area contributed by atoms with Gasteiger partial charge in [-0.2, -0.15) is 0 Å². The fourth-order valence-corrected chi connectivity index (χ4v) is 1.21. The first-order valence-corrected chi connectivity index (χ1v) is 3.74. The van der Waals surface area contributed by atoms with Crippen molar-refractivity contribution in [2.24, 2.45) is 0 Å². The van der Waals surface area contributed by atoms with Gasteiger partial charge in [0.25, 0.3) is 0 Å². The highest BCUT2D eigenvalue weighted by atomic mass is 14.8. The van der Waals surface area contributed by atoms with Crippen molar-refractivity contribution in [3.05, 3.63) is 30.2 Å². The summed E-state index contributed by atoms with van der Waals surface area (Å²) in [6, 6.07) is 1.93. The van der Waals surface area contributed by atoms with Crippen molar-refractivity contribution in [2.75, 3.05) is 5.73 Å². The van der Waals surface area contributed by atoms with E-state index in [1.54, 1.807) is 12.4 Å². The van der Waals surface area contributed by atoms with Gasteiger partial charge in [0.1, 0.15) is 5.82 Å². The largest absolute Gasteiger partial charge is 0.383 e. The molecule has 0 aliphatic carbocycles. The lowest BCUT2D eigenvalue weighted by atomic mass is 10.1. The Morgan fingerprint density at radius 1 is 1.33 bits per heavy atom. The van der Waals surface area contributed by atoms with Gasteiger partial charge < -0.3 is 5.73 Å². The Morgan fingerprint density at radius 3 is 3.00 bits per heavy atom. The van der Waals surface area contributed by atoms with Crippen LogP contribution in [0.3, 0.4) is 0 Å². The number of fused-ring (bicyclic) bond motifs is 1. The van der Waals surface area contributed by atoms with Crippen LogP contribution in [-0.4, -0.2) is 9.97 Å². The van der Waals surface area contributed by atoms with E-state index in [2.05, 4.69) is 9.97 Å². The molecule has 0 aliphatic rings. The minimum absolute atomic E-state index is 0.579. The Bertz CT molecular complexity index is 423. The number of rotatable bonds is 0. The summed E-state index contributed by atoms with van der Waals surface area (Å²) < 4.78 is 0. The minimum Gasteiger partial charge on any atom is -0.383 e. The molecule has 0 aliphatic heterocycles. The molecule has 2 heterocycles. The molecule has 0 bridgehead atoms. The molecular weight excluding hydrogens is 150 g/mol. The standard InChI is InChI=1S/C9H9N3/c1-6-8-5-11-3-2-7(8)4-12-9(6)10/h2-5H,1H3,(H2,10,12). The van der Waals surface area contributed by atoms with Crippen molar-refractivity contribution in [1.29, 1.82) is 0 Å². The van der Waals surface area contributed by atoms with E-state index in [1.807, 2.05) is 19.2 Å². The van der Waals surface area contributed by atoms with Crippen LogP contribution in [0.2, 0.25) is 0 Å². The lowest BCUT2D eigenvalue weighted by Gasteiger charge is -2.02. The number of nitrogen functional groups attached to an aromatic ring is 1. The van der Waals surface area contributed by atoms with Crippen LogP contribution >= 0.6 is 0 Å². The molecule has 0 fully saturated rings. The van der Waals surface area contributed by atoms with Crippen LogP contribution in [0.1, 0.15) is 5.56 Å². The average molecular weight is 159 g/mol. The predicted molar refractivity (Wildman–Crippen MR) is 48.7 cm³/mol. The van der Waals surface area contributed by atoms with Gasteiger partial charge in [0, 0.05) is 34.9 Å². The van der Waals surface area contributed by atoms with Gasteiger partial charge in [-0.05, 0) is 13.0 Å². The van der Waals surface area contributed by atoms with E-state index in [1.165, 1.54) is 0 Å². The van der Waals surface area contributed by atoms with Gasteiger partial charge in [0.2, 0.25) is 0 Å². The number of hydrogen-bond donors (Lipinski definition) is 1. The fourth-order valence-electron chi connectivity index (χ4n) is 1.21. The van der Waals surface area contributed by atoms with Gasteiger partial charge >= 0.3 is 0 Å². The van der Waals surface area contributed by atoms with Crippen molar-refractivity contribution in [1.82, 2.24) is 9.97 Å². The Kier molecular flexibility index (Phi) is 1.43. The second-order valence-corrected chi connectivity index (χ2v) is 2.73. The van der Waals surface area contributed by atoms with Crippen molar-refractivity contribution in [2.45, 2.75) is 6.92 Å². The Hall–Kier alpha value is -1.64. The molecule has 2 aromatic rings. The SMILES string of the molecule is Cc1c(N)ncc2ccncc12. The van der Waals surface area contributed by atoms with Gasteiger partial charge in [0.05, 0.1) is 0 Å². The van der Waals surface area contributed by atoms with E-state index in [4.69, 9.17) is 5.73 Å². The summed E-state index contributed by atoms with van der Waals surface area (Å²) in [7, 11) is 0. The van der Waals surface area contributed by atoms with Crippen molar-refractivity contribution in [3.8, 4) is 0 Å². The Balaban J connectivity index is 2.91. The zero-order chi connectivity index (χ0) is 8.55. The highest BCUT2D eigenvalue weighted by molar-refractivity contribution is 5.86. The number of pyridine rings is 2. The molecule has 0 saturated carbocycles. The van der Waals surface area contributed by atoms with Crippen LogP contribution < -0.4 is 5.73 Å². The highest BCUT2D eigenvalue weighted by Gasteiger charge is 2.00. The lowest BCUT2D eigenvalue weighted by Crippen LogP contribution is -1.94. The molecule has 0 spiro atoms. The van der Waals surface area contributed by atoms with E-state index in [0.29, 0.717) is 5.82 Å². The van der Waals surface area contributed by atoms with E-state index in [0.717, 1.165) is 16.3 Å². The van der Waals surface area contributed by atoms with Crippen LogP contribution in [0.4, 0.5) is 5.82 Å². The second-order valence-electron chi connectivity index (χ2n) is 2.73. The number of aromatic nitrogens is 2. The van der Waals surface area contributed by atoms with E-state index in [9.17, 15) is 0 Å². The van der Waals surface area contributed by atoms with Gasteiger partial charge in [-0.25, -0.2) is 4.98 Å². The maximum Gasteiger partial charge on any atom is 0.126 e. The van der Waals surface area contributed by atoms with E-state index >= 15 is 0 Å². The third kappa shape index (κ3) is 0.906. The van der Waals surface area contributed by atoms with Crippen molar-refractivity contribution < 1.29 is 0 Å². The molecule has 2 aromatic heterocycles. The molecule has 3 nitrogen and oxygen atoms in total. The maximum absolute atomic E-state index is 5.65. The quantitative estimate of drug-likeness (QED) is 0.634. The molecule has 60 valence electrons. The summed E-state index contributed by atoms with van der Waals surface area (Å²) in [6.45, 7) is 1.95. The van der Waals surface area contributed by atoms with E-state index < -0.39 is 0 Å². The van der Waals surface area contributed by atoms with Crippen LogP contribution in [0.5, 0.6) is 0 Å². The molecule has 3 heteroatoms. The first-order chi connectivity index (χ1) is 5.79. The lowest BCUT2D eigenvalue weighted by molar-refractivity contribution is 1.29. The fraction of sp³-hybridized carbons (Fsp3) is 0.111. The highest BCUT2D eigenvalue weighted by Crippen LogP contribution is 2.19. The molecule has 0 unspecified atom stereocenters. The molecule has 0 radical (unpaired) electrons. The van der Waals surface area contributed by atoms with Gasteiger partial charge in [-0.3, -0.25) is 4.98 Å². The van der Waals surface area contributed by atoms with Gasteiger partial charge in [-0.15, -0.1) is 0 Å². The molecule has 0 atom stereocenters. The number of nitrogens with two attached hydrogens (primary N) is 1. The molecule has 0 saturated heterocycles. The van der Waals surface area contributed by atoms with Crippen LogP contribution in [0.15, 0.2) is 24.7 Å². The Morgan fingerprint density at radius 2 is 2.17 bits per heavy atom. The minimum atomic E-state index is 0.579. The zero-order valence-electron chi connectivity index (χ0n) is 6.78. The van der Waals surface area contributed by atoms with Crippen LogP contribution in [0.25, 0.3) is 10.8 Å². The summed E-state index contributed by atoms with van der Waals surface area (Å²) in [4.78, 5) is 8.09. The topological polar surface area (TPSA) is 51.8 Å². The number of aryl methyl sites for hydroxylation is 1. The third-order valence-electron chi connectivity index (χ3n) is 1.99. The average Bonchev–Trinajstić information content (AvgIpc) is 2.12. The van der Waals surface area contributed by atoms with Gasteiger partial charge in [-0.1, -0.05) is 0 Å². The second kappa shape index (κ2) is 2.44.